The van der Waals surface area contributed by atoms with Crippen molar-refractivity contribution in [3.63, 3.8) is 0 Å². The number of para-hydroxylation sites is 1. The zero-order chi connectivity index (χ0) is 26.8. The van der Waals surface area contributed by atoms with Crippen molar-refractivity contribution in [2.45, 2.75) is 13.0 Å². The second-order valence-electron chi connectivity index (χ2n) is 9.06. The number of nitriles is 1. The molecule has 0 saturated heterocycles. The molecule has 1 atom stereocenters. The molecule has 0 aliphatic carbocycles. The number of nitrogens with zero attached hydrogens (tertiary/aromatic N) is 6. The molecule has 0 aliphatic rings. The van der Waals surface area contributed by atoms with Gasteiger partial charge in [0.1, 0.15) is 23.3 Å². The van der Waals surface area contributed by atoms with Crippen LogP contribution in [0.4, 0.5) is 17.5 Å². The Balaban J connectivity index is 1.72. The van der Waals surface area contributed by atoms with Crippen LogP contribution in [0.5, 0.6) is 0 Å². The molecule has 0 bridgehead atoms. The summed E-state index contributed by atoms with van der Waals surface area (Å²) in [6, 6.07) is 24.7. The number of nitrogen functional groups attached to an aromatic ring is 1. The number of nitrogens with one attached hydrogen (secondary N) is 1. The fraction of sp³-hybridized carbons (Fsp3) is 0.138. The monoisotopic (exact) mass is 502 g/mol. The van der Waals surface area contributed by atoms with Crippen molar-refractivity contribution in [3.05, 3.63) is 101 Å². The largest absolute Gasteiger partial charge is 0.378 e. The molecule has 9 nitrogen and oxygen atoms in total. The highest BCUT2D eigenvalue weighted by atomic mass is 16.1. The van der Waals surface area contributed by atoms with Gasteiger partial charge in [-0.05, 0) is 48.4 Å². The minimum absolute atomic E-state index is 0.0375. The van der Waals surface area contributed by atoms with Crippen LogP contribution in [0.1, 0.15) is 24.4 Å². The van der Waals surface area contributed by atoms with Crippen LogP contribution >= 0.6 is 0 Å². The Morgan fingerprint density at radius 3 is 2.42 bits per heavy atom. The normalized spacial score (nSPS) is 11.6. The number of nitrogens with two attached hydrogens (primary N) is 1. The quantitative estimate of drug-likeness (QED) is 0.347. The fourth-order valence-electron chi connectivity index (χ4n) is 4.40. The molecule has 0 saturated carbocycles. The van der Waals surface area contributed by atoms with Crippen LogP contribution in [0.2, 0.25) is 0 Å². The summed E-state index contributed by atoms with van der Waals surface area (Å²) in [4.78, 5) is 29.3. The van der Waals surface area contributed by atoms with E-state index in [1.807, 2.05) is 98.7 Å². The first-order chi connectivity index (χ1) is 18.4. The van der Waals surface area contributed by atoms with Crippen LogP contribution < -0.4 is 21.5 Å². The van der Waals surface area contributed by atoms with E-state index < -0.39 is 6.04 Å². The third-order valence-electron chi connectivity index (χ3n) is 6.30. The first-order valence-corrected chi connectivity index (χ1v) is 12.1. The molecule has 0 amide bonds. The molecule has 5 rings (SSSR count). The lowest BCUT2D eigenvalue weighted by Gasteiger charge is -2.21. The third-order valence-corrected chi connectivity index (χ3v) is 6.30. The summed E-state index contributed by atoms with van der Waals surface area (Å²) in [5.41, 5.74) is 9.86. The molecular formula is C29H26N8O. The number of benzene rings is 3. The maximum atomic E-state index is 14.2. The Morgan fingerprint density at radius 2 is 1.74 bits per heavy atom. The molecule has 188 valence electrons. The van der Waals surface area contributed by atoms with Crippen LogP contribution in [0, 0.1) is 11.3 Å². The first-order valence-electron chi connectivity index (χ1n) is 12.1. The smallest absolute Gasteiger partial charge is 0.266 e. The number of anilines is 3. The van der Waals surface area contributed by atoms with Gasteiger partial charge >= 0.3 is 0 Å². The second-order valence-corrected chi connectivity index (χ2v) is 9.06. The van der Waals surface area contributed by atoms with E-state index >= 15 is 0 Å². The van der Waals surface area contributed by atoms with Gasteiger partial charge in [0.05, 0.1) is 28.8 Å². The maximum Gasteiger partial charge on any atom is 0.266 e. The summed E-state index contributed by atoms with van der Waals surface area (Å²) in [6.45, 7) is 1.86. The minimum Gasteiger partial charge on any atom is -0.378 e. The summed E-state index contributed by atoms with van der Waals surface area (Å²) in [5, 5.41) is 13.2. The predicted octanol–water partition coefficient (Wildman–Crippen LogP) is 4.54. The highest BCUT2D eigenvalue weighted by Crippen LogP contribution is 2.29. The zero-order valence-electron chi connectivity index (χ0n) is 21.3. The van der Waals surface area contributed by atoms with Gasteiger partial charge in [0.25, 0.3) is 5.56 Å². The molecule has 5 aromatic rings. The van der Waals surface area contributed by atoms with E-state index in [2.05, 4.69) is 21.4 Å². The molecule has 2 aromatic heterocycles. The number of aromatic nitrogens is 4. The average Bonchev–Trinajstić information content (AvgIpc) is 2.93. The van der Waals surface area contributed by atoms with Gasteiger partial charge in [0.2, 0.25) is 5.95 Å². The van der Waals surface area contributed by atoms with E-state index in [1.54, 1.807) is 4.57 Å². The van der Waals surface area contributed by atoms with E-state index in [0.29, 0.717) is 22.4 Å². The predicted molar refractivity (Wildman–Crippen MR) is 150 cm³/mol. The molecule has 0 fully saturated rings. The Bertz CT molecular complexity index is 1720. The molecule has 0 radical (unpaired) electrons. The van der Waals surface area contributed by atoms with E-state index in [9.17, 15) is 10.1 Å². The van der Waals surface area contributed by atoms with Crippen molar-refractivity contribution in [2.75, 3.05) is 30.0 Å². The summed E-state index contributed by atoms with van der Waals surface area (Å²) in [7, 11) is 3.98. The molecule has 0 spiro atoms. The van der Waals surface area contributed by atoms with Gasteiger partial charge < -0.3 is 16.0 Å². The van der Waals surface area contributed by atoms with E-state index in [-0.39, 0.29) is 22.9 Å². The second kappa shape index (κ2) is 10.0. The van der Waals surface area contributed by atoms with Crippen LogP contribution in [-0.2, 0) is 0 Å². The van der Waals surface area contributed by atoms with Crippen LogP contribution in [0.25, 0.3) is 27.7 Å². The summed E-state index contributed by atoms with van der Waals surface area (Å²) in [5.74, 6) is 0.779. The van der Waals surface area contributed by atoms with Crippen molar-refractivity contribution in [3.8, 4) is 22.9 Å². The van der Waals surface area contributed by atoms with Crippen molar-refractivity contribution >= 4 is 28.4 Å². The van der Waals surface area contributed by atoms with Crippen LogP contribution in [-0.4, -0.2) is 33.6 Å². The van der Waals surface area contributed by atoms with E-state index in [1.165, 1.54) is 6.20 Å². The number of hydrogen-bond acceptors (Lipinski definition) is 8. The van der Waals surface area contributed by atoms with Crippen LogP contribution in [0.15, 0.2) is 83.8 Å². The lowest BCUT2D eigenvalue weighted by Crippen LogP contribution is -2.28. The lowest BCUT2D eigenvalue weighted by atomic mass is 10.0. The van der Waals surface area contributed by atoms with Crippen molar-refractivity contribution < 1.29 is 0 Å². The Labute approximate surface area is 219 Å². The van der Waals surface area contributed by atoms with Gasteiger partial charge in [-0.15, -0.1) is 0 Å². The molecule has 2 heterocycles. The topological polar surface area (TPSA) is 126 Å². The summed E-state index contributed by atoms with van der Waals surface area (Å²) in [6.07, 6.45) is 1.36. The fourth-order valence-corrected chi connectivity index (χ4v) is 4.40. The Kier molecular flexibility index (Phi) is 6.46. The highest BCUT2D eigenvalue weighted by Gasteiger charge is 2.21. The molecule has 0 aliphatic heterocycles. The highest BCUT2D eigenvalue weighted by molar-refractivity contribution is 5.94. The molecule has 9 heteroatoms. The number of hydrogen-bond donors (Lipinski definition) is 2. The molecule has 38 heavy (non-hydrogen) atoms. The molecule has 3 N–H and O–H groups in total. The van der Waals surface area contributed by atoms with Crippen molar-refractivity contribution in [2.24, 2.45) is 0 Å². The SMILES string of the molecule is CC(Nc1nc(N)ncc1C#N)c1nc2cccc(-c3ccc(N(C)C)cc3)c2c(=O)n1-c1ccccc1. The van der Waals surface area contributed by atoms with Gasteiger partial charge in [-0.2, -0.15) is 10.2 Å². The standard InChI is InChI=1S/C29H26N8O/c1-18(33-26-20(16-30)17-32-29(31)35-26)27-34-24-11-7-10-23(19-12-14-21(15-13-19)36(2)3)25(24)28(38)37(27)22-8-5-4-6-9-22/h4-15,17-18H,1-3H3,(H3,31,32,33,35). The first kappa shape index (κ1) is 24.5. The van der Waals surface area contributed by atoms with Crippen molar-refractivity contribution in [1.82, 2.24) is 19.5 Å². The lowest BCUT2D eigenvalue weighted by molar-refractivity contribution is 0.731. The number of rotatable bonds is 6. The zero-order valence-corrected chi connectivity index (χ0v) is 21.3. The minimum atomic E-state index is -0.503. The summed E-state index contributed by atoms with van der Waals surface area (Å²) < 4.78 is 1.61. The van der Waals surface area contributed by atoms with Gasteiger partial charge in [-0.3, -0.25) is 9.36 Å². The van der Waals surface area contributed by atoms with E-state index in [0.717, 1.165) is 16.8 Å². The third kappa shape index (κ3) is 4.51. The van der Waals surface area contributed by atoms with Gasteiger partial charge in [0.15, 0.2) is 0 Å². The van der Waals surface area contributed by atoms with E-state index in [4.69, 9.17) is 10.7 Å². The van der Waals surface area contributed by atoms with Gasteiger partial charge in [-0.25, -0.2) is 9.97 Å². The summed E-state index contributed by atoms with van der Waals surface area (Å²) >= 11 is 0. The Morgan fingerprint density at radius 1 is 1.00 bits per heavy atom. The van der Waals surface area contributed by atoms with Crippen molar-refractivity contribution in [1.29, 1.82) is 5.26 Å². The Hall–Kier alpha value is -5.23. The van der Waals surface area contributed by atoms with Gasteiger partial charge in [0, 0.05) is 19.8 Å². The maximum absolute atomic E-state index is 14.2. The van der Waals surface area contributed by atoms with Crippen LogP contribution in [0.3, 0.4) is 0 Å². The molecule has 3 aromatic carbocycles. The molecular weight excluding hydrogens is 476 g/mol. The van der Waals surface area contributed by atoms with Gasteiger partial charge in [-0.1, -0.05) is 42.5 Å². The molecule has 1 unspecified atom stereocenters. The number of fused-ring (bicyclic) bond motifs is 1. The average molecular weight is 503 g/mol.